The molecule has 1 aromatic rings. The summed E-state index contributed by atoms with van der Waals surface area (Å²) in [6.45, 7) is 3.36. The van der Waals surface area contributed by atoms with Gasteiger partial charge in [0, 0.05) is 32.0 Å². The molecule has 0 atom stereocenters. The van der Waals surface area contributed by atoms with E-state index < -0.39 is 0 Å². The van der Waals surface area contributed by atoms with Gasteiger partial charge in [0.05, 0.1) is 12.2 Å². The van der Waals surface area contributed by atoms with Crippen molar-refractivity contribution >= 4 is 18.3 Å². The minimum Gasteiger partial charge on any atom is -0.336 e. The second-order valence-corrected chi connectivity index (χ2v) is 5.66. The number of nitrogens with zero attached hydrogens (tertiary/aromatic N) is 3. The molecule has 0 fully saturated rings. The summed E-state index contributed by atoms with van der Waals surface area (Å²) in [5.41, 5.74) is 4.95. The lowest BCUT2D eigenvalue weighted by atomic mass is 10.0. The van der Waals surface area contributed by atoms with E-state index in [1.807, 2.05) is 4.90 Å². The van der Waals surface area contributed by atoms with Crippen molar-refractivity contribution in [1.29, 1.82) is 0 Å². The van der Waals surface area contributed by atoms with Gasteiger partial charge in [-0.2, -0.15) is 0 Å². The van der Waals surface area contributed by atoms with Gasteiger partial charge >= 0.3 is 0 Å². The highest BCUT2D eigenvalue weighted by Gasteiger charge is 2.35. The van der Waals surface area contributed by atoms with Crippen molar-refractivity contribution < 1.29 is 4.79 Å². The number of carbonyl (C=O) groups excluding carboxylic acids is 1. The maximum absolute atomic E-state index is 12.6. The first-order valence-electron chi connectivity index (χ1n) is 6.89. The van der Waals surface area contributed by atoms with Gasteiger partial charge in [0.15, 0.2) is 0 Å². The fourth-order valence-corrected chi connectivity index (χ4v) is 3.44. The van der Waals surface area contributed by atoms with Gasteiger partial charge in [0.25, 0.3) is 0 Å². The maximum atomic E-state index is 12.6. The number of rotatable bonds is 1. The Morgan fingerprint density at radius 1 is 1.25 bits per heavy atom. The van der Waals surface area contributed by atoms with Crippen molar-refractivity contribution in [3.63, 3.8) is 0 Å². The average Bonchev–Trinajstić information content (AvgIpc) is 3.11. The highest BCUT2D eigenvalue weighted by Crippen LogP contribution is 2.35. The minimum absolute atomic E-state index is 0. The summed E-state index contributed by atoms with van der Waals surface area (Å²) in [6.07, 6.45) is 2.74. The van der Waals surface area contributed by atoms with Crippen molar-refractivity contribution in [3.05, 3.63) is 22.5 Å². The quantitative estimate of drug-likeness (QED) is 0.737. The summed E-state index contributed by atoms with van der Waals surface area (Å²) in [4.78, 5) is 14.5. The second kappa shape index (κ2) is 5.18. The first-order chi connectivity index (χ1) is 9.31. The van der Waals surface area contributed by atoms with Gasteiger partial charge in [-0.1, -0.05) is 16.4 Å². The van der Waals surface area contributed by atoms with Crippen molar-refractivity contribution in [2.45, 2.75) is 25.8 Å². The van der Waals surface area contributed by atoms with Gasteiger partial charge in [0.2, 0.25) is 5.91 Å². The van der Waals surface area contributed by atoms with Crippen LogP contribution in [0.3, 0.4) is 0 Å². The maximum Gasteiger partial charge on any atom is 0.226 e. The molecule has 3 aliphatic rings. The largest absolute Gasteiger partial charge is 0.336 e. The molecule has 0 saturated heterocycles. The van der Waals surface area contributed by atoms with E-state index in [1.54, 1.807) is 0 Å². The van der Waals surface area contributed by atoms with Gasteiger partial charge in [-0.25, -0.2) is 0 Å². The van der Waals surface area contributed by atoms with Crippen molar-refractivity contribution in [1.82, 2.24) is 25.6 Å². The van der Waals surface area contributed by atoms with Crippen molar-refractivity contribution in [2.75, 3.05) is 19.6 Å². The van der Waals surface area contributed by atoms with Gasteiger partial charge in [0.1, 0.15) is 5.69 Å². The van der Waals surface area contributed by atoms with Gasteiger partial charge in [-0.05, 0) is 12.8 Å². The van der Waals surface area contributed by atoms with Crippen LogP contribution >= 0.6 is 12.4 Å². The number of amides is 1. The molecule has 2 N–H and O–H groups in total. The van der Waals surface area contributed by atoms with Crippen molar-refractivity contribution in [2.24, 2.45) is 5.92 Å². The minimum atomic E-state index is 0. The molecule has 0 aromatic carbocycles. The summed E-state index contributed by atoms with van der Waals surface area (Å²) in [6, 6.07) is 0. The van der Waals surface area contributed by atoms with E-state index >= 15 is 0 Å². The SMILES string of the molecule is Cl.O=C(C1CC2=C(CNC2)C1)N1CCc2[nH]nnc2C1. The van der Waals surface area contributed by atoms with Crippen LogP contribution in [0.15, 0.2) is 11.1 Å². The molecule has 4 rings (SSSR count). The van der Waals surface area contributed by atoms with E-state index in [4.69, 9.17) is 0 Å². The zero-order valence-electron chi connectivity index (χ0n) is 11.2. The average molecular weight is 296 g/mol. The highest BCUT2D eigenvalue weighted by atomic mass is 35.5. The monoisotopic (exact) mass is 295 g/mol. The van der Waals surface area contributed by atoms with Crippen LogP contribution in [0, 0.1) is 5.92 Å². The fourth-order valence-electron chi connectivity index (χ4n) is 3.44. The summed E-state index contributed by atoms with van der Waals surface area (Å²) in [5, 5.41) is 14.1. The molecular weight excluding hydrogens is 278 g/mol. The molecule has 0 unspecified atom stereocenters. The highest BCUT2D eigenvalue weighted by molar-refractivity contribution is 5.85. The van der Waals surface area contributed by atoms with E-state index in [0.717, 1.165) is 50.3 Å². The van der Waals surface area contributed by atoms with E-state index in [-0.39, 0.29) is 18.3 Å². The first-order valence-corrected chi connectivity index (χ1v) is 6.89. The molecule has 7 heteroatoms. The third-order valence-electron chi connectivity index (χ3n) is 4.50. The number of aromatic amines is 1. The molecule has 6 nitrogen and oxygen atoms in total. The topological polar surface area (TPSA) is 73.9 Å². The van der Waals surface area contributed by atoms with Crippen LogP contribution in [0.2, 0.25) is 0 Å². The Morgan fingerprint density at radius 3 is 2.75 bits per heavy atom. The second-order valence-electron chi connectivity index (χ2n) is 5.66. The lowest BCUT2D eigenvalue weighted by Gasteiger charge is -2.28. The molecule has 0 bridgehead atoms. The van der Waals surface area contributed by atoms with Crippen LogP contribution < -0.4 is 5.32 Å². The summed E-state index contributed by atoms with van der Waals surface area (Å²) < 4.78 is 0. The fraction of sp³-hybridized carbons (Fsp3) is 0.615. The molecule has 1 amide bonds. The first kappa shape index (κ1) is 13.6. The van der Waals surface area contributed by atoms with E-state index in [2.05, 4.69) is 20.7 Å². The number of halogens is 1. The normalized spacial score (nSPS) is 21.7. The Labute approximate surface area is 123 Å². The molecule has 1 aliphatic carbocycles. The number of nitrogens with one attached hydrogen (secondary N) is 2. The number of H-pyrrole nitrogens is 1. The summed E-state index contributed by atoms with van der Waals surface area (Å²) in [5.74, 6) is 0.462. The molecule has 108 valence electrons. The Morgan fingerprint density at radius 2 is 2.00 bits per heavy atom. The lowest BCUT2D eigenvalue weighted by Crippen LogP contribution is -2.39. The Bertz CT molecular complexity index is 551. The van der Waals surface area contributed by atoms with Crippen molar-refractivity contribution in [3.8, 4) is 0 Å². The Kier molecular flexibility index (Phi) is 3.52. The van der Waals surface area contributed by atoms with Crippen LogP contribution in [0.4, 0.5) is 0 Å². The third-order valence-corrected chi connectivity index (χ3v) is 4.50. The smallest absolute Gasteiger partial charge is 0.226 e. The molecule has 0 radical (unpaired) electrons. The zero-order chi connectivity index (χ0) is 12.8. The molecule has 20 heavy (non-hydrogen) atoms. The molecule has 3 heterocycles. The van der Waals surface area contributed by atoms with Crippen LogP contribution in [0.5, 0.6) is 0 Å². The van der Waals surface area contributed by atoms with Crippen LogP contribution in [0.1, 0.15) is 24.2 Å². The number of hydrogen-bond donors (Lipinski definition) is 2. The predicted molar refractivity (Wildman–Crippen MR) is 75.4 cm³/mol. The standard InChI is InChI=1S/C13H17N5O.ClH/c19-13(8-3-9-5-14-6-10(9)4-8)18-2-1-11-12(7-18)16-17-15-11;/h8,14H,1-7H2,(H,15,16,17);1H. The molecule has 1 aromatic heterocycles. The zero-order valence-corrected chi connectivity index (χ0v) is 12.0. The number of hydrogen-bond acceptors (Lipinski definition) is 4. The molecular formula is C13H18ClN5O. The Hall–Kier alpha value is -1.40. The molecule has 2 aliphatic heterocycles. The van der Waals surface area contributed by atoms with Crippen LogP contribution in [0.25, 0.3) is 0 Å². The third kappa shape index (κ3) is 2.13. The van der Waals surface area contributed by atoms with Crippen LogP contribution in [-0.4, -0.2) is 45.9 Å². The lowest BCUT2D eigenvalue weighted by molar-refractivity contribution is -0.136. The van der Waals surface area contributed by atoms with E-state index in [1.165, 1.54) is 11.1 Å². The van der Waals surface area contributed by atoms with E-state index in [0.29, 0.717) is 12.5 Å². The van der Waals surface area contributed by atoms with E-state index in [9.17, 15) is 4.79 Å². The number of carbonyl (C=O) groups is 1. The predicted octanol–water partition coefficient (Wildman–Crippen LogP) is 0.421. The molecule has 0 saturated carbocycles. The van der Waals surface area contributed by atoms with Gasteiger partial charge in [-0.3, -0.25) is 9.89 Å². The van der Waals surface area contributed by atoms with Gasteiger partial charge < -0.3 is 10.2 Å². The Balaban J connectivity index is 0.00000121. The van der Waals surface area contributed by atoms with Crippen LogP contribution in [-0.2, 0) is 17.8 Å². The summed E-state index contributed by atoms with van der Waals surface area (Å²) in [7, 11) is 0. The van der Waals surface area contributed by atoms with Gasteiger partial charge in [-0.15, -0.1) is 17.5 Å². The number of aromatic nitrogens is 3. The number of fused-ring (bicyclic) bond motifs is 1. The molecule has 0 spiro atoms. The summed E-state index contributed by atoms with van der Waals surface area (Å²) >= 11 is 0.